The molecule has 0 aliphatic heterocycles. The summed E-state index contributed by atoms with van der Waals surface area (Å²) in [5.74, 6) is 0.737. The van der Waals surface area contributed by atoms with Crippen LogP contribution in [-0.4, -0.2) is 55.0 Å². The van der Waals surface area contributed by atoms with Gasteiger partial charge in [0.1, 0.15) is 6.29 Å². The molecule has 0 saturated carbocycles. The molecule has 4 N–H and O–H groups in total. The third-order valence-electron chi connectivity index (χ3n) is 4.73. The highest BCUT2D eigenvalue weighted by Gasteiger charge is 2.19. The van der Waals surface area contributed by atoms with Crippen LogP contribution < -0.4 is 20.7 Å². The Morgan fingerprint density at radius 1 is 1.11 bits per heavy atom. The predicted molar refractivity (Wildman–Crippen MR) is 150 cm³/mol. The molecule has 3 aromatic carbocycles. The molecule has 8 nitrogen and oxygen atoms in total. The fraction of sp³-hybridized carbons (Fsp3) is 0.200. The maximum Gasteiger partial charge on any atom is 0.262 e. The van der Waals surface area contributed by atoms with Crippen molar-refractivity contribution in [1.82, 2.24) is 5.32 Å². The Bertz CT molecular complexity index is 1290. The summed E-state index contributed by atoms with van der Waals surface area (Å²) >= 11 is 1.55. The van der Waals surface area contributed by atoms with E-state index in [1.807, 2.05) is 61.8 Å². The van der Waals surface area contributed by atoms with E-state index in [2.05, 4.69) is 27.5 Å². The van der Waals surface area contributed by atoms with E-state index in [-0.39, 0.29) is 11.4 Å². The highest BCUT2D eigenvalue weighted by atomic mass is 32.2. The molecule has 0 unspecified atom stereocenters. The van der Waals surface area contributed by atoms with Gasteiger partial charge in [-0.15, -0.1) is 11.8 Å². The fourth-order valence-corrected chi connectivity index (χ4v) is 5.13. The average Bonchev–Trinajstić information content (AvgIpc) is 2.85. The Labute approximate surface area is 211 Å². The van der Waals surface area contributed by atoms with Crippen molar-refractivity contribution in [3.05, 3.63) is 71.6 Å². The quantitative estimate of drug-likeness (QED) is 0.164. The van der Waals surface area contributed by atoms with E-state index in [0.29, 0.717) is 23.1 Å². The lowest BCUT2D eigenvalue weighted by Crippen LogP contribution is -2.14. The number of hydrogen-bond donors (Lipinski definition) is 3. The number of benzene rings is 3. The summed E-state index contributed by atoms with van der Waals surface area (Å²) in [6.45, 7) is 3.77. The second-order valence-corrected chi connectivity index (χ2v) is 9.95. The molecule has 0 aliphatic carbocycles. The second-order valence-electron chi connectivity index (χ2n) is 7.44. The van der Waals surface area contributed by atoms with Gasteiger partial charge in [-0.05, 0) is 43.4 Å². The van der Waals surface area contributed by atoms with Crippen LogP contribution in [0.1, 0.15) is 5.56 Å². The topological polar surface area (TPSA) is 117 Å². The Kier molecular flexibility index (Phi) is 10.9. The normalized spacial score (nSPS) is 11.4. The van der Waals surface area contributed by atoms with Crippen molar-refractivity contribution in [1.29, 1.82) is 0 Å². The first-order valence-electron chi connectivity index (χ1n) is 10.7. The van der Waals surface area contributed by atoms with Crippen molar-refractivity contribution in [2.45, 2.75) is 4.90 Å². The van der Waals surface area contributed by atoms with Gasteiger partial charge in [-0.3, -0.25) is 9.71 Å². The molecule has 3 rings (SSSR count). The molecule has 186 valence electrons. The predicted octanol–water partition coefficient (Wildman–Crippen LogP) is 3.76. The molecular formula is C25H31N5O3S2. The number of thioether (sulfide) groups is 1. The van der Waals surface area contributed by atoms with E-state index in [4.69, 9.17) is 4.79 Å². The minimum Gasteiger partial charge on any atom is -0.377 e. The smallest absolute Gasteiger partial charge is 0.262 e. The van der Waals surface area contributed by atoms with Crippen LogP contribution >= 0.6 is 11.8 Å². The number of carbonyl (C=O) groups excluding carboxylic acids is 1. The zero-order valence-corrected chi connectivity index (χ0v) is 21.7. The van der Waals surface area contributed by atoms with E-state index < -0.39 is 10.0 Å². The molecule has 10 heteroatoms. The van der Waals surface area contributed by atoms with Crippen LogP contribution in [0.15, 0.2) is 76.0 Å². The largest absolute Gasteiger partial charge is 0.377 e. The molecule has 0 aliphatic rings. The first-order valence-corrected chi connectivity index (χ1v) is 13.2. The summed E-state index contributed by atoms with van der Waals surface area (Å²) < 4.78 is 29.3. The molecule has 0 radical (unpaired) electrons. The van der Waals surface area contributed by atoms with Gasteiger partial charge in [-0.2, -0.15) is 0 Å². The number of nitrogens with zero attached hydrogens (tertiary/aromatic N) is 2. The molecule has 0 atom stereocenters. The Hall–Kier alpha value is -3.18. The van der Waals surface area contributed by atoms with Gasteiger partial charge in [0.15, 0.2) is 0 Å². The minimum absolute atomic E-state index is 0.139. The number of carbonyl (C=O) groups is 1. The first-order chi connectivity index (χ1) is 16.8. The fourth-order valence-electron chi connectivity index (χ4n) is 3.24. The number of sulfonamides is 1. The van der Waals surface area contributed by atoms with Crippen LogP contribution in [0, 0.1) is 0 Å². The summed E-state index contributed by atoms with van der Waals surface area (Å²) in [6.07, 6.45) is 0.653. The Balaban J connectivity index is 0.00000100. The van der Waals surface area contributed by atoms with Crippen molar-refractivity contribution >= 4 is 62.6 Å². The summed E-state index contributed by atoms with van der Waals surface area (Å²) in [5.41, 5.74) is 7.55. The van der Waals surface area contributed by atoms with E-state index in [1.54, 1.807) is 42.1 Å². The molecule has 0 fully saturated rings. The molecule has 0 amide bonds. The summed E-state index contributed by atoms with van der Waals surface area (Å²) in [5, 5.41) is 6.50. The summed E-state index contributed by atoms with van der Waals surface area (Å²) in [7, 11) is 1.94. The second kappa shape index (κ2) is 13.6. The lowest BCUT2D eigenvalue weighted by molar-refractivity contribution is -0.106. The number of hydrogen-bond acceptors (Lipinski definition) is 8. The van der Waals surface area contributed by atoms with Crippen molar-refractivity contribution in [2.75, 3.05) is 43.2 Å². The zero-order valence-electron chi connectivity index (χ0n) is 20.1. The lowest BCUT2D eigenvalue weighted by Gasteiger charge is -2.17. The van der Waals surface area contributed by atoms with Crippen LogP contribution in [0.4, 0.5) is 11.4 Å². The number of nitrogens with one attached hydrogen (secondary N) is 2. The summed E-state index contributed by atoms with van der Waals surface area (Å²) in [6, 6.07) is 18.1. The van der Waals surface area contributed by atoms with Crippen molar-refractivity contribution in [3.63, 3.8) is 0 Å². The van der Waals surface area contributed by atoms with Gasteiger partial charge in [-0.1, -0.05) is 36.4 Å². The van der Waals surface area contributed by atoms with Gasteiger partial charge in [0.2, 0.25) is 0 Å². The zero-order chi connectivity index (χ0) is 25.8. The number of anilines is 2. The van der Waals surface area contributed by atoms with E-state index >= 15 is 0 Å². The van der Waals surface area contributed by atoms with Gasteiger partial charge < -0.3 is 20.7 Å². The summed E-state index contributed by atoms with van der Waals surface area (Å²) in [4.78, 5) is 15.3. The van der Waals surface area contributed by atoms with Gasteiger partial charge in [-0.25, -0.2) is 8.42 Å². The average molecular weight is 514 g/mol. The van der Waals surface area contributed by atoms with Gasteiger partial charge in [0.25, 0.3) is 10.0 Å². The van der Waals surface area contributed by atoms with Crippen molar-refractivity contribution < 1.29 is 13.2 Å². The van der Waals surface area contributed by atoms with E-state index in [9.17, 15) is 8.42 Å². The SMILES string of the molecule is C=N/C(=C\SCNC)c1cccc(NS(=O)(=O)c2cccc3c(N(C)C)cccc23)c1.NCC=O. The van der Waals surface area contributed by atoms with E-state index in [0.717, 1.165) is 22.5 Å². The first kappa shape index (κ1) is 28.1. The van der Waals surface area contributed by atoms with E-state index in [1.165, 1.54) is 0 Å². The number of aliphatic imine (C=N–C) groups is 1. The highest BCUT2D eigenvalue weighted by molar-refractivity contribution is 8.02. The van der Waals surface area contributed by atoms with Gasteiger partial charge in [0.05, 0.1) is 10.6 Å². The van der Waals surface area contributed by atoms with Crippen LogP contribution in [0.2, 0.25) is 0 Å². The maximum atomic E-state index is 13.3. The molecule has 0 saturated heterocycles. The Morgan fingerprint density at radius 2 is 1.77 bits per heavy atom. The molecule has 3 aromatic rings. The van der Waals surface area contributed by atoms with Crippen LogP contribution in [-0.2, 0) is 14.8 Å². The number of rotatable bonds is 10. The third-order valence-corrected chi connectivity index (χ3v) is 7.01. The lowest BCUT2D eigenvalue weighted by atomic mass is 10.1. The standard InChI is InChI=1S/C23H26N4O2S2.C2H5NO/c1-24-16-30-15-21(25-2)17-8-5-9-18(14-17)26-31(28,29)23-13-7-10-19-20(23)11-6-12-22(19)27(3)4;3-1-2-4/h5-15,24,26H,2,16H2,1,3-4H3;2H,1,3H2/b21-15-;. The number of aldehydes is 1. The minimum atomic E-state index is -3.80. The van der Waals surface area contributed by atoms with Crippen LogP contribution in [0.5, 0.6) is 0 Å². The molecule has 35 heavy (non-hydrogen) atoms. The molecule has 0 spiro atoms. The maximum absolute atomic E-state index is 13.3. The Morgan fingerprint density at radius 3 is 2.40 bits per heavy atom. The highest BCUT2D eigenvalue weighted by Crippen LogP contribution is 2.31. The van der Waals surface area contributed by atoms with Crippen molar-refractivity contribution in [3.8, 4) is 0 Å². The molecule has 0 heterocycles. The van der Waals surface area contributed by atoms with Crippen LogP contribution in [0.3, 0.4) is 0 Å². The third kappa shape index (κ3) is 7.66. The number of nitrogens with two attached hydrogens (primary N) is 1. The molecule has 0 bridgehead atoms. The number of fused-ring (bicyclic) bond motifs is 1. The van der Waals surface area contributed by atoms with Gasteiger partial charge >= 0.3 is 0 Å². The van der Waals surface area contributed by atoms with Crippen LogP contribution in [0.25, 0.3) is 16.5 Å². The van der Waals surface area contributed by atoms with Gasteiger partial charge in [0, 0.05) is 54.2 Å². The van der Waals surface area contributed by atoms with Crippen molar-refractivity contribution in [2.24, 2.45) is 10.7 Å². The molecule has 0 aromatic heterocycles. The monoisotopic (exact) mass is 513 g/mol. The molecular weight excluding hydrogens is 482 g/mol.